The van der Waals surface area contributed by atoms with E-state index >= 15 is 0 Å². The highest BCUT2D eigenvalue weighted by Crippen LogP contribution is 2.29. The molecular weight excluding hydrogens is 208 g/mol. The van der Waals surface area contributed by atoms with E-state index in [0.717, 1.165) is 13.1 Å². The summed E-state index contributed by atoms with van der Waals surface area (Å²) in [6.45, 7) is 4.41. The van der Waals surface area contributed by atoms with Crippen molar-refractivity contribution in [3.63, 3.8) is 0 Å². The van der Waals surface area contributed by atoms with Gasteiger partial charge in [0.15, 0.2) is 0 Å². The number of piperidine rings is 1. The SMILES string of the molecule is Cc1ccnc2c([C@H]3CCCNC3)cccc12. The van der Waals surface area contributed by atoms with Crippen molar-refractivity contribution in [2.45, 2.75) is 25.7 Å². The van der Waals surface area contributed by atoms with E-state index in [-0.39, 0.29) is 0 Å². The lowest BCUT2D eigenvalue weighted by Gasteiger charge is -2.24. The Labute approximate surface area is 102 Å². The average Bonchev–Trinajstić information content (AvgIpc) is 2.40. The zero-order valence-electron chi connectivity index (χ0n) is 10.2. The maximum Gasteiger partial charge on any atom is 0.0739 e. The normalized spacial score (nSPS) is 20.6. The van der Waals surface area contributed by atoms with Gasteiger partial charge in [0.05, 0.1) is 5.52 Å². The van der Waals surface area contributed by atoms with Crippen LogP contribution in [0.15, 0.2) is 30.5 Å². The van der Waals surface area contributed by atoms with Crippen molar-refractivity contribution in [2.24, 2.45) is 0 Å². The summed E-state index contributed by atoms with van der Waals surface area (Å²) in [4.78, 5) is 4.59. The summed E-state index contributed by atoms with van der Waals surface area (Å²) in [6.07, 6.45) is 4.48. The molecule has 17 heavy (non-hydrogen) atoms. The number of nitrogens with one attached hydrogen (secondary N) is 1. The van der Waals surface area contributed by atoms with Crippen LogP contribution in [0.2, 0.25) is 0 Å². The zero-order valence-corrected chi connectivity index (χ0v) is 10.2. The van der Waals surface area contributed by atoms with Crippen LogP contribution < -0.4 is 5.32 Å². The summed E-state index contributed by atoms with van der Waals surface area (Å²) < 4.78 is 0. The molecule has 2 nitrogen and oxygen atoms in total. The molecule has 0 aliphatic carbocycles. The minimum Gasteiger partial charge on any atom is -0.316 e. The van der Waals surface area contributed by atoms with Gasteiger partial charge < -0.3 is 5.32 Å². The number of rotatable bonds is 1. The van der Waals surface area contributed by atoms with Crippen LogP contribution in [0.25, 0.3) is 10.9 Å². The molecule has 3 rings (SSSR count). The highest BCUT2D eigenvalue weighted by molar-refractivity contribution is 5.85. The van der Waals surface area contributed by atoms with Crippen LogP contribution in [0, 0.1) is 6.92 Å². The van der Waals surface area contributed by atoms with Gasteiger partial charge in [-0.05, 0) is 49.4 Å². The molecule has 1 fully saturated rings. The van der Waals surface area contributed by atoms with Gasteiger partial charge in [0.25, 0.3) is 0 Å². The summed E-state index contributed by atoms with van der Waals surface area (Å²) in [5.41, 5.74) is 3.93. The standard InChI is InChI=1S/C15H18N2/c1-11-7-9-17-15-13(11)5-2-6-14(15)12-4-3-8-16-10-12/h2,5-7,9,12,16H,3-4,8,10H2,1H3/t12-/m0/s1. The molecule has 2 aromatic rings. The lowest BCUT2D eigenvalue weighted by molar-refractivity contribution is 0.463. The number of nitrogens with zero attached hydrogens (tertiary/aromatic N) is 1. The maximum atomic E-state index is 4.59. The Hall–Kier alpha value is -1.41. The first kappa shape index (κ1) is 10.7. The minimum atomic E-state index is 0.627. The summed E-state index contributed by atoms with van der Waals surface area (Å²) in [7, 11) is 0. The Morgan fingerprint density at radius 2 is 2.24 bits per heavy atom. The Morgan fingerprint density at radius 1 is 1.29 bits per heavy atom. The molecule has 1 aromatic carbocycles. The molecule has 2 heteroatoms. The van der Waals surface area contributed by atoms with Crippen LogP contribution >= 0.6 is 0 Å². The van der Waals surface area contributed by atoms with Gasteiger partial charge in [0, 0.05) is 18.1 Å². The second-order valence-corrected chi connectivity index (χ2v) is 4.91. The number of pyridine rings is 1. The Morgan fingerprint density at radius 3 is 3.06 bits per heavy atom. The van der Waals surface area contributed by atoms with E-state index in [9.17, 15) is 0 Å². The van der Waals surface area contributed by atoms with Crippen LogP contribution in [0.3, 0.4) is 0 Å². The van der Waals surface area contributed by atoms with Crippen molar-refractivity contribution in [1.82, 2.24) is 10.3 Å². The molecular formula is C15H18N2. The summed E-state index contributed by atoms with van der Waals surface area (Å²) in [5, 5.41) is 4.79. The fraction of sp³-hybridized carbons (Fsp3) is 0.400. The number of hydrogen-bond acceptors (Lipinski definition) is 2. The van der Waals surface area contributed by atoms with Gasteiger partial charge in [-0.15, -0.1) is 0 Å². The predicted molar refractivity (Wildman–Crippen MR) is 71.3 cm³/mol. The van der Waals surface area contributed by atoms with Crippen molar-refractivity contribution in [1.29, 1.82) is 0 Å². The van der Waals surface area contributed by atoms with Gasteiger partial charge in [0.2, 0.25) is 0 Å². The van der Waals surface area contributed by atoms with E-state index in [1.165, 1.54) is 34.9 Å². The number of benzene rings is 1. The first-order valence-electron chi connectivity index (χ1n) is 6.41. The summed E-state index contributed by atoms with van der Waals surface area (Å²) in [6, 6.07) is 8.68. The molecule has 1 atom stereocenters. The number of aromatic nitrogens is 1. The van der Waals surface area contributed by atoms with Crippen LogP contribution in [0.4, 0.5) is 0 Å². The third-order valence-electron chi connectivity index (χ3n) is 3.76. The number of hydrogen-bond donors (Lipinski definition) is 1. The number of fused-ring (bicyclic) bond motifs is 1. The van der Waals surface area contributed by atoms with E-state index < -0.39 is 0 Å². The maximum absolute atomic E-state index is 4.59. The fourth-order valence-corrected chi connectivity index (χ4v) is 2.78. The topological polar surface area (TPSA) is 24.9 Å². The molecule has 0 spiro atoms. The lowest BCUT2D eigenvalue weighted by atomic mass is 9.89. The Balaban J connectivity index is 2.12. The second-order valence-electron chi connectivity index (χ2n) is 4.91. The monoisotopic (exact) mass is 226 g/mol. The quantitative estimate of drug-likeness (QED) is 0.808. The van der Waals surface area contributed by atoms with E-state index in [4.69, 9.17) is 0 Å². The number of para-hydroxylation sites is 1. The fourth-order valence-electron chi connectivity index (χ4n) is 2.78. The van der Waals surface area contributed by atoms with Gasteiger partial charge in [-0.2, -0.15) is 0 Å². The van der Waals surface area contributed by atoms with Crippen molar-refractivity contribution < 1.29 is 0 Å². The average molecular weight is 226 g/mol. The molecule has 1 aromatic heterocycles. The molecule has 0 amide bonds. The van der Waals surface area contributed by atoms with E-state index in [1.807, 2.05) is 6.20 Å². The van der Waals surface area contributed by atoms with Crippen LogP contribution in [-0.2, 0) is 0 Å². The number of aryl methyl sites for hydroxylation is 1. The van der Waals surface area contributed by atoms with Gasteiger partial charge in [0.1, 0.15) is 0 Å². The summed E-state index contributed by atoms with van der Waals surface area (Å²) >= 11 is 0. The summed E-state index contributed by atoms with van der Waals surface area (Å²) in [5.74, 6) is 0.627. The van der Waals surface area contributed by atoms with Crippen LogP contribution in [-0.4, -0.2) is 18.1 Å². The first-order chi connectivity index (χ1) is 8.36. The van der Waals surface area contributed by atoms with Gasteiger partial charge in [-0.25, -0.2) is 0 Å². The molecule has 1 saturated heterocycles. The predicted octanol–water partition coefficient (Wildman–Crippen LogP) is 3.01. The molecule has 1 aliphatic rings. The zero-order chi connectivity index (χ0) is 11.7. The van der Waals surface area contributed by atoms with Gasteiger partial charge in [-0.1, -0.05) is 18.2 Å². The second kappa shape index (κ2) is 4.46. The molecule has 1 N–H and O–H groups in total. The minimum absolute atomic E-state index is 0.627. The molecule has 2 heterocycles. The van der Waals surface area contributed by atoms with Crippen LogP contribution in [0.1, 0.15) is 29.9 Å². The highest BCUT2D eigenvalue weighted by Gasteiger charge is 2.17. The van der Waals surface area contributed by atoms with Crippen molar-refractivity contribution >= 4 is 10.9 Å². The van der Waals surface area contributed by atoms with Crippen molar-refractivity contribution in [3.8, 4) is 0 Å². The highest BCUT2D eigenvalue weighted by atomic mass is 14.9. The van der Waals surface area contributed by atoms with Crippen molar-refractivity contribution in [2.75, 3.05) is 13.1 Å². The van der Waals surface area contributed by atoms with E-state index in [2.05, 4.69) is 41.5 Å². The molecule has 0 saturated carbocycles. The molecule has 0 unspecified atom stereocenters. The molecule has 0 radical (unpaired) electrons. The Kier molecular flexibility index (Phi) is 2.81. The lowest BCUT2D eigenvalue weighted by Crippen LogP contribution is -2.28. The van der Waals surface area contributed by atoms with E-state index in [0.29, 0.717) is 5.92 Å². The Bertz CT molecular complexity index is 527. The molecule has 0 bridgehead atoms. The largest absolute Gasteiger partial charge is 0.316 e. The third kappa shape index (κ3) is 1.93. The molecule has 1 aliphatic heterocycles. The van der Waals surface area contributed by atoms with Gasteiger partial charge >= 0.3 is 0 Å². The first-order valence-corrected chi connectivity index (χ1v) is 6.41. The molecule has 88 valence electrons. The van der Waals surface area contributed by atoms with Gasteiger partial charge in [-0.3, -0.25) is 4.98 Å². The van der Waals surface area contributed by atoms with Crippen molar-refractivity contribution in [3.05, 3.63) is 41.6 Å². The van der Waals surface area contributed by atoms with Crippen LogP contribution in [0.5, 0.6) is 0 Å². The third-order valence-corrected chi connectivity index (χ3v) is 3.76. The smallest absolute Gasteiger partial charge is 0.0739 e. The van der Waals surface area contributed by atoms with E-state index in [1.54, 1.807) is 0 Å².